The van der Waals surface area contributed by atoms with Crippen molar-refractivity contribution >= 4 is 31.6 Å². The molecule has 7 heteroatoms. The molecule has 20 heavy (non-hydrogen) atoms. The third-order valence-electron chi connectivity index (χ3n) is 2.61. The van der Waals surface area contributed by atoms with Crippen LogP contribution in [0.2, 0.25) is 0 Å². The van der Waals surface area contributed by atoms with Gasteiger partial charge in [-0.1, -0.05) is 34.1 Å². The molecule has 2 aromatic carbocycles. The number of anilines is 1. The Balaban J connectivity index is 2.43. The van der Waals surface area contributed by atoms with Crippen LogP contribution in [0.4, 0.5) is 10.1 Å². The highest BCUT2D eigenvalue weighted by atomic mass is 79.9. The molecule has 2 N–H and O–H groups in total. The summed E-state index contributed by atoms with van der Waals surface area (Å²) in [5.74, 6) is -0.682. The first kappa shape index (κ1) is 15.0. The van der Waals surface area contributed by atoms with E-state index in [9.17, 15) is 17.9 Å². The van der Waals surface area contributed by atoms with Gasteiger partial charge < -0.3 is 5.11 Å². The SMILES string of the molecule is O=S(=O)(Nc1cc(Br)ccc1F)c1ccccc1CO. The Hall–Kier alpha value is -1.44. The number of aliphatic hydroxyl groups is 1. The first-order chi connectivity index (χ1) is 9.44. The van der Waals surface area contributed by atoms with Gasteiger partial charge in [0.25, 0.3) is 10.0 Å². The van der Waals surface area contributed by atoms with Crippen molar-refractivity contribution in [3.8, 4) is 0 Å². The van der Waals surface area contributed by atoms with Crippen molar-refractivity contribution < 1.29 is 17.9 Å². The van der Waals surface area contributed by atoms with Crippen LogP contribution in [-0.2, 0) is 16.6 Å². The van der Waals surface area contributed by atoms with Gasteiger partial charge in [0, 0.05) is 4.47 Å². The maximum absolute atomic E-state index is 13.6. The van der Waals surface area contributed by atoms with Gasteiger partial charge in [-0.25, -0.2) is 12.8 Å². The van der Waals surface area contributed by atoms with E-state index >= 15 is 0 Å². The Morgan fingerprint density at radius 2 is 1.90 bits per heavy atom. The molecule has 0 bridgehead atoms. The lowest BCUT2D eigenvalue weighted by atomic mass is 10.2. The lowest BCUT2D eigenvalue weighted by Gasteiger charge is -2.11. The highest BCUT2D eigenvalue weighted by molar-refractivity contribution is 9.10. The van der Waals surface area contributed by atoms with E-state index in [-0.39, 0.29) is 16.1 Å². The molecule has 106 valence electrons. The molecular formula is C13H11BrFNO3S. The molecule has 0 fully saturated rings. The first-order valence-corrected chi connectivity index (χ1v) is 7.88. The lowest BCUT2D eigenvalue weighted by Crippen LogP contribution is -2.16. The maximum Gasteiger partial charge on any atom is 0.262 e. The molecule has 0 atom stereocenters. The second-order valence-electron chi connectivity index (χ2n) is 4.00. The van der Waals surface area contributed by atoms with Gasteiger partial charge in [0.15, 0.2) is 0 Å². The van der Waals surface area contributed by atoms with Crippen molar-refractivity contribution in [3.05, 3.63) is 58.3 Å². The maximum atomic E-state index is 13.6. The highest BCUT2D eigenvalue weighted by Crippen LogP contribution is 2.24. The summed E-state index contributed by atoms with van der Waals surface area (Å²) in [6.07, 6.45) is 0. The number of nitrogens with one attached hydrogen (secondary N) is 1. The van der Waals surface area contributed by atoms with Crippen LogP contribution in [0.25, 0.3) is 0 Å². The number of halogens is 2. The van der Waals surface area contributed by atoms with E-state index in [2.05, 4.69) is 20.7 Å². The van der Waals surface area contributed by atoms with Gasteiger partial charge in [-0.05, 0) is 29.8 Å². The van der Waals surface area contributed by atoms with E-state index in [1.54, 1.807) is 6.07 Å². The van der Waals surface area contributed by atoms with Crippen molar-refractivity contribution in [2.24, 2.45) is 0 Å². The van der Waals surface area contributed by atoms with Crippen molar-refractivity contribution in [2.75, 3.05) is 4.72 Å². The van der Waals surface area contributed by atoms with Crippen LogP contribution in [0, 0.1) is 5.82 Å². The zero-order valence-electron chi connectivity index (χ0n) is 10.2. The predicted octanol–water partition coefficient (Wildman–Crippen LogP) is 2.88. The molecule has 0 aliphatic carbocycles. The molecular weight excluding hydrogens is 349 g/mol. The largest absolute Gasteiger partial charge is 0.392 e. The lowest BCUT2D eigenvalue weighted by molar-refractivity contribution is 0.278. The minimum Gasteiger partial charge on any atom is -0.392 e. The average Bonchev–Trinajstić information content (AvgIpc) is 2.42. The van der Waals surface area contributed by atoms with Crippen LogP contribution in [0.5, 0.6) is 0 Å². The van der Waals surface area contributed by atoms with E-state index in [4.69, 9.17) is 0 Å². The summed E-state index contributed by atoms with van der Waals surface area (Å²) in [6.45, 7) is -0.419. The van der Waals surface area contributed by atoms with Crippen LogP contribution in [0.1, 0.15) is 5.56 Å². The van der Waals surface area contributed by atoms with Gasteiger partial charge in [0.1, 0.15) is 5.82 Å². The number of rotatable bonds is 4. The summed E-state index contributed by atoms with van der Waals surface area (Å²) >= 11 is 3.15. The average molecular weight is 360 g/mol. The number of aliphatic hydroxyl groups excluding tert-OH is 1. The van der Waals surface area contributed by atoms with Crippen molar-refractivity contribution in [3.63, 3.8) is 0 Å². The molecule has 0 heterocycles. The Morgan fingerprint density at radius 1 is 1.20 bits per heavy atom. The number of hydrogen-bond acceptors (Lipinski definition) is 3. The summed E-state index contributed by atoms with van der Waals surface area (Å²) in [5, 5.41) is 9.17. The molecule has 0 aliphatic rings. The minimum atomic E-state index is -3.97. The van der Waals surface area contributed by atoms with Crippen LogP contribution in [0.3, 0.4) is 0 Å². The first-order valence-electron chi connectivity index (χ1n) is 5.60. The van der Waals surface area contributed by atoms with Gasteiger partial charge in [-0.2, -0.15) is 0 Å². The zero-order chi connectivity index (χ0) is 14.8. The number of hydrogen-bond donors (Lipinski definition) is 2. The monoisotopic (exact) mass is 359 g/mol. The van der Waals surface area contributed by atoms with Crippen LogP contribution >= 0.6 is 15.9 Å². The van der Waals surface area contributed by atoms with Gasteiger partial charge in [0.05, 0.1) is 17.2 Å². The standard InChI is InChI=1S/C13H11BrFNO3S/c14-10-5-6-11(15)12(7-10)16-20(18,19)13-4-2-1-3-9(13)8-17/h1-7,16-17H,8H2. The topological polar surface area (TPSA) is 66.4 Å². The van der Waals surface area contributed by atoms with E-state index in [1.807, 2.05) is 0 Å². The smallest absolute Gasteiger partial charge is 0.262 e. The van der Waals surface area contributed by atoms with Gasteiger partial charge >= 0.3 is 0 Å². The number of sulfonamides is 1. The Labute approximate surface area is 124 Å². The molecule has 0 amide bonds. The third kappa shape index (κ3) is 3.17. The highest BCUT2D eigenvalue weighted by Gasteiger charge is 2.19. The van der Waals surface area contributed by atoms with Crippen LogP contribution in [0.15, 0.2) is 51.8 Å². The van der Waals surface area contributed by atoms with Gasteiger partial charge in [0.2, 0.25) is 0 Å². The Morgan fingerprint density at radius 3 is 2.60 bits per heavy atom. The molecule has 0 saturated carbocycles. The second-order valence-corrected chi connectivity index (χ2v) is 6.56. The summed E-state index contributed by atoms with van der Waals surface area (Å²) in [6, 6.07) is 9.94. The summed E-state index contributed by atoms with van der Waals surface area (Å²) in [5.41, 5.74) is 0.0857. The molecule has 0 aliphatic heterocycles. The predicted molar refractivity (Wildman–Crippen MR) is 77.3 cm³/mol. The van der Waals surface area contributed by atoms with Crippen molar-refractivity contribution in [1.82, 2.24) is 0 Å². The van der Waals surface area contributed by atoms with Crippen LogP contribution < -0.4 is 4.72 Å². The molecule has 2 aromatic rings. The molecule has 0 spiro atoms. The van der Waals surface area contributed by atoms with E-state index in [1.165, 1.54) is 30.3 Å². The van der Waals surface area contributed by atoms with E-state index in [0.717, 1.165) is 6.07 Å². The molecule has 4 nitrogen and oxygen atoms in total. The Bertz CT molecular complexity index is 734. The summed E-state index contributed by atoms with van der Waals surface area (Å²) in [4.78, 5) is -0.0816. The summed E-state index contributed by atoms with van der Waals surface area (Å²) < 4.78 is 40.8. The summed E-state index contributed by atoms with van der Waals surface area (Å²) in [7, 11) is -3.97. The fourth-order valence-corrected chi connectivity index (χ4v) is 3.32. The van der Waals surface area contributed by atoms with E-state index in [0.29, 0.717) is 4.47 Å². The van der Waals surface area contributed by atoms with Crippen molar-refractivity contribution in [2.45, 2.75) is 11.5 Å². The second kappa shape index (κ2) is 5.90. The zero-order valence-corrected chi connectivity index (χ0v) is 12.6. The van der Waals surface area contributed by atoms with Crippen molar-refractivity contribution in [1.29, 1.82) is 0 Å². The molecule has 2 rings (SSSR count). The normalized spacial score (nSPS) is 11.3. The van der Waals surface area contributed by atoms with Crippen LogP contribution in [-0.4, -0.2) is 13.5 Å². The fourth-order valence-electron chi connectivity index (χ4n) is 1.67. The van der Waals surface area contributed by atoms with Gasteiger partial charge in [-0.3, -0.25) is 4.72 Å². The quantitative estimate of drug-likeness (QED) is 0.881. The van der Waals surface area contributed by atoms with Gasteiger partial charge in [-0.15, -0.1) is 0 Å². The van der Waals surface area contributed by atoms with E-state index < -0.39 is 22.4 Å². The Kier molecular flexibility index (Phi) is 4.42. The molecule has 0 saturated heterocycles. The third-order valence-corrected chi connectivity index (χ3v) is 4.56. The molecule has 0 unspecified atom stereocenters. The molecule has 0 radical (unpaired) electrons. The number of benzene rings is 2. The molecule has 0 aromatic heterocycles. The minimum absolute atomic E-state index is 0.0816. The fraction of sp³-hybridized carbons (Fsp3) is 0.0769.